The van der Waals surface area contributed by atoms with Crippen LogP contribution in [0.2, 0.25) is 0 Å². The van der Waals surface area contributed by atoms with E-state index in [0.29, 0.717) is 5.69 Å². The monoisotopic (exact) mass is 236 g/mol. The van der Waals surface area contributed by atoms with E-state index in [9.17, 15) is 9.59 Å². The van der Waals surface area contributed by atoms with Crippen molar-refractivity contribution in [3.05, 3.63) is 40.3 Å². The Balaban J connectivity index is 2.43. The smallest absolute Gasteiger partial charge is 0.339 e. The van der Waals surface area contributed by atoms with Crippen molar-refractivity contribution in [3.63, 3.8) is 0 Å². The Labute approximate surface area is 96.5 Å². The number of imidazole rings is 1. The van der Waals surface area contributed by atoms with Gasteiger partial charge in [-0.15, -0.1) is 0 Å². The van der Waals surface area contributed by atoms with Gasteiger partial charge in [0.1, 0.15) is 5.56 Å². The van der Waals surface area contributed by atoms with Crippen molar-refractivity contribution in [2.45, 2.75) is 6.54 Å². The van der Waals surface area contributed by atoms with Crippen molar-refractivity contribution < 1.29 is 9.90 Å². The van der Waals surface area contributed by atoms with Crippen LogP contribution in [0.4, 0.5) is 0 Å². The highest BCUT2D eigenvalue weighted by Gasteiger charge is 2.16. The van der Waals surface area contributed by atoms with Gasteiger partial charge in [0.2, 0.25) is 0 Å². The molecule has 90 valence electrons. The summed E-state index contributed by atoms with van der Waals surface area (Å²) in [5.74, 6) is -1.04. The summed E-state index contributed by atoms with van der Waals surface area (Å²) < 4.78 is 4.32. The minimum absolute atomic E-state index is 0.114. The molecular weight excluding hydrogens is 224 g/mol. The van der Waals surface area contributed by atoms with Gasteiger partial charge in [0.05, 0.1) is 18.4 Å². The highest BCUT2D eigenvalue weighted by atomic mass is 16.4. The van der Waals surface area contributed by atoms with Crippen LogP contribution in [0.15, 0.2) is 23.4 Å². The molecule has 2 rings (SSSR count). The van der Waals surface area contributed by atoms with Crippen LogP contribution in [0, 0.1) is 0 Å². The predicted octanol–water partition coefficient (Wildman–Crippen LogP) is -0.333. The summed E-state index contributed by atoms with van der Waals surface area (Å²) in [6.07, 6.45) is 4.52. The lowest BCUT2D eigenvalue weighted by atomic mass is 10.2. The van der Waals surface area contributed by atoms with Gasteiger partial charge in [-0.2, -0.15) is 5.10 Å². The summed E-state index contributed by atoms with van der Waals surface area (Å²) >= 11 is 0. The number of aromatic carboxylic acids is 1. The van der Waals surface area contributed by atoms with Gasteiger partial charge in [-0.05, 0) is 0 Å². The Hall–Kier alpha value is -2.31. The van der Waals surface area contributed by atoms with Crippen molar-refractivity contribution in [3.8, 4) is 0 Å². The van der Waals surface area contributed by atoms with E-state index in [-0.39, 0.29) is 17.8 Å². The van der Waals surface area contributed by atoms with E-state index in [4.69, 9.17) is 5.11 Å². The van der Waals surface area contributed by atoms with Crippen molar-refractivity contribution in [1.82, 2.24) is 18.9 Å². The lowest BCUT2D eigenvalue weighted by Gasteiger charge is -2.04. The molecule has 2 heterocycles. The molecule has 2 aromatic rings. The van der Waals surface area contributed by atoms with Crippen molar-refractivity contribution in [1.29, 1.82) is 0 Å². The number of rotatable bonds is 3. The molecule has 7 heteroatoms. The maximum Gasteiger partial charge on any atom is 0.339 e. The van der Waals surface area contributed by atoms with Crippen LogP contribution in [-0.4, -0.2) is 30.0 Å². The number of aryl methyl sites for hydroxylation is 2. The van der Waals surface area contributed by atoms with Crippen LogP contribution in [0.3, 0.4) is 0 Å². The first-order valence-electron chi connectivity index (χ1n) is 4.96. The van der Waals surface area contributed by atoms with Crippen LogP contribution < -0.4 is 5.69 Å². The number of aromatic nitrogens is 4. The fourth-order valence-corrected chi connectivity index (χ4v) is 1.62. The zero-order valence-electron chi connectivity index (χ0n) is 9.49. The first kappa shape index (κ1) is 11.2. The molecule has 0 aliphatic rings. The van der Waals surface area contributed by atoms with Crippen molar-refractivity contribution >= 4 is 5.97 Å². The second-order valence-electron chi connectivity index (χ2n) is 3.75. The molecule has 2 aromatic heterocycles. The number of carboxylic acid groups (broad SMARTS) is 1. The largest absolute Gasteiger partial charge is 0.478 e. The SMILES string of the molecule is Cn1ncc(C(=O)O)c1Cn1ccn(C)c1=O. The molecule has 0 aliphatic carbocycles. The van der Waals surface area contributed by atoms with Crippen LogP contribution in [0.25, 0.3) is 0 Å². The third-order valence-corrected chi connectivity index (χ3v) is 2.63. The van der Waals surface area contributed by atoms with Crippen molar-refractivity contribution in [2.75, 3.05) is 0 Å². The molecule has 0 amide bonds. The maximum atomic E-state index is 11.6. The molecule has 0 fully saturated rings. The third-order valence-electron chi connectivity index (χ3n) is 2.63. The fourth-order valence-electron chi connectivity index (χ4n) is 1.62. The quantitative estimate of drug-likeness (QED) is 0.790. The minimum atomic E-state index is -1.04. The van der Waals surface area contributed by atoms with Gasteiger partial charge in [-0.1, -0.05) is 0 Å². The Bertz CT molecular complexity index is 620. The van der Waals surface area contributed by atoms with Gasteiger partial charge in [0, 0.05) is 26.5 Å². The van der Waals surface area contributed by atoms with E-state index < -0.39 is 5.97 Å². The summed E-state index contributed by atoms with van der Waals surface area (Å²) in [7, 11) is 3.29. The van der Waals surface area contributed by atoms with Crippen LogP contribution >= 0.6 is 0 Å². The van der Waals surface area contributed by atoms with Crippen LogP contribution in [0.1, 0.15) is 16.1 Å². The lowest BCUT2D eigenvalue weighted by Crippen LogP contribution is -2.24. The Morgan fingerprint density at radius 3 is 2.65 bits per heavy atom. The molecule has 0 aromatic carbocycles. The number of hydrogen-bond acceptors (Lipinski definition) is 3. The van der Waals surface area contributed by atoms with Gasteiger partial charge in [0.25, 0.3) is 0 Å². The average Bonchev–Trinajstić information content (AvgIpc) is 2.78. The summed E-state index contributed by atoms with van der Waals surface area (Å²) in [4.78, 5) is 22.6. The highest BCUT2D eigenvalue weighted by molar-refractivity contribution is 5.88. The summed E-state index contributed by atoms with van der Waals surface area (Å²) in [6, 6.07) is 0. The second kappa shape index (κ2) is 3.93. The summed E-state index contributed by atoms with van der Waals surface area (Å²) in [5.41, 5.74) is 0.414. The van der Waals surface area contributed by atoms with E-state index in [1.807, 2.05) is 0 Å². The van der Waals surface area contributed by atoms with Gasteiger partial charge >= 0.3 is 11.7 Å². The third kappa shape index (κ3) is 1.86. The molecule has 17 heavy (non-hydrogen) atoms. The Morgan fingerprint density at radius 1 is 1.41 bits per heavy atom. The van der Waals surface area contributed by atoms with Gasteiger partial charge in [-0.25, -0.2) is 9.59 Å². The zero-order valence-corrected chi connectivity index (χ0v) is 9.49. The lowest BCUT2D eigenvalue weighted by molar-refractivity contribution is 0.0695. The summed E-state index contributed by atoms with van der Waals surface area (Å²) in [5, 5.41) is 12.9. The molecule has 0 saturated carbocycles. The molecule has 0 aliphatic heterocycles. The average molecular weight is 236 g/mol. The van der Waals surface area contributed by atoms with E-state index in [0.717, 1.165) is 0 Å². The number of carboxylic acids is 1. The summed E-state index contributed by atoms with van der Waals surface area (Å²) in [6.45, 7) is 0.192. The number of carbonyl (C=O) groups is 1. The molecule has 7 nitrogen and oxygen atoms in total. The van der Waals surface area contributed by atoms with Gasteiger partial charge < -0.3 is 9.67 Å². The molecule has 1 N–H and O–H groups in total. The molecule has 0 saturated heterocycles. The fraction of sp³-hybridized carbons (Fsp3) is 0.300. The molecule has 0 atom stereocenters. The first-order valence-corrected chi connectivity index (χ1v) is 4.96. The standard InChI is InChI=1S/C10H12N4O3/c1-12-3-4-14(10(12)17)6-8-7(9(15)16)5-11-13(8)2/h3-5H,6H2,1-2H3,(H,15,16). The number of hydrogen-bond donors (Lipinski definition) is 1. The van der Waals surface area contributed by atoms with E-state index in [1.165, 1.54) is 20.0 Å². The van der Waals surface area contributed by atoms with Crippen LogP contribution in [-0.2, 0) is 20.6 Å². The highest BCUT2D eigenvalue weighted by Crippen LogP contribution is 2.08. The van der Waals surface area contributed by atoms with Gasteiger partial charge in [0.15, 0.2) is 0 Å². The second-order valence-corrected chi connectivity index (χ2v) is 3.75. The Morgan fingerprint density at radius 2 is 2.12 bits per heavy atom. The molecular formula is C10H12N4O3. The first-order chi connectivity index (χ1) is 8.00. The number of nitrogens with zero attached hydrogens (tertiary/aromatic N) is 4. The van der Waals surface area contributed by atoms with E-state index in [1.54, 1.807) is 26.5 Å². The predicted molar refractivity (Wildman–Crippen MR) is 58.9 cm³/mol. The van der Waals surface area contributed by atoms with Gasteiger partial charge in [-0.3, -0.25) is 9.25 Å². The zero-order chi connectivity index (χ0) is 12.6. The molecule has 0 spiro atoms. The maximum absolute atomic E-state index is 11.6. The molecule has 0 unspecified atom stereocenters. The minimum Gasteiger partial charge on any atom is -0.478 e. The van der Waals surface area contributed by atoms with Crippen LogP contribution in [0.5, 0.6) is 0 Å². The molecule has 0 bridgehead atoms. The van der Waals surface area contributed by atoms with Crippen molar-refractivity contribution in [2.24, 2.45) is 14.1 Å². The van der Waals surface area contributed by atoms with E-state index >= 15 is 0 Å². The normalized spacial score (nSPS) is 10.7. The molecule has 0 radical (unpaired) electrons. The Kier molecular flexibility index (Phi) is 2.58. The topological polar surface area (TPSA) is 82.1 Å². The van der Waals surface area contributed by atoms with E-state index in [2.05, 4.69) is 5.10 Å².